The van der Waals surface area contributed by atoms with Crippen molar-refractivity contribution < 1.29 is 0 Å². The zero-order valence-electron chi connectivity index (χ0n) is 12.5. The zero-order valence-corrected chi connectivity index (χ0v) is 12.5. The van der Waals surface area contributed by atoms with Crippen molar-refractivity contribution in [1.82, 2.24) is 15.1 Å². The fourth-order valence-corrected chi connectivity index (χ4v) is 2.62. The summed E-state index contributed by atoms with van der Waals surface area (Å²) in [5, 5.41) is 7.69. The van der Waals surface area contributed by atoms with E-state index in [0.29, 0.717) is 0 Å². The smallest absolute Gasteiger partial charge is 0.0667 e. The summed E-state index contributed by atoms with van der Waals surface area (Å²) in [6.45, 7) is 10.4. The molecule has 3 heteroatoms. The highest BCUT2D eigenvalue weighted by Crippen LogP contribution is 2.19. The number of rotatable bonds is 4. The van der Waals surface area contributed by atoms with Gasteiger partial charge >= 0.3 is 0 Å². The molecule has 1 N–H and O–H groups in total. The molecule has 0 bridgehead atoms. The van der Waals surface area contributed by atoms with E-state index in [9.17, 15) is 0 Å². The molecule has 1 heterocycles. The number of benzene rings is 1. The van der Waals surface area contributed by atoms with Crippen LogP contribution in [-0.2, 0) is 13.1 Å². The molecule has 0 saturated carbocycles. The lowest BCUT2D eigenvalue weighted by molar-refractivity contribution is 0.656. The van der Waals surface area contributed by atoms with Gasteiger partial charge in [0.2, 0.25) is 0 Å². The van der Waals surface area contributed by atoms with Crippen molar-refractivity contribution in [2.45, 2.75) is 40.8 Å². The van der Waals surface area contributed by atoms with Gasteiger partial charge in [-0.1, -0.05) is 17.7 Å². The van der Waals surface area contributed by atoms with E-state index < -0.39 is 0 Å². The molecule has 0 aliphatic heterocycles. The number of nitrogens with zero attached hydrogens (tertiary/aromatic N) is 2. The van der Waals surface area contributed by atoms with Gasteiger partial charge in [-0.15, -0.1) is 0 Å². The highest BCUT2D eigenvalue weighted by molar-refractivity contribution is 5.37. The average Bonchev–Trinajstić information content (AvgIpc) is 2.66. The minimum atomic E-state index is 0.855. The molecule has 0 spiro atoms. The van der Waals surface area contributed by atoms with Gasteiger partial charge in [0.1, 0.15) is 0 Å². The van der Waals surface area contributed by atoms with E-state index in [0.717, 1.165) is 13.1 Å². The van der Waals surface area contributed by atoms with Crippen LogP contribution < -0.4 is 5.32 Å². The van der Waals surface area contributed by atoms with E-state index >= 15 is 0 Å². The molecule has 0 fully saturated rings. The molecule has 0 atom stereocenters. The topological polar surface area (TPSA) is 29.9 Å². The summed E-state index contributed by atoms with van der Waals surface area (Å²) in [6.07, 6.45) is 1.96. The first-order valence-electron chi connectivity index (χ1n) is 6.75. The lowest BCUT2D eigenvalue weighted by Gasteiger charge is -2.13. The van der Waals surface area contributed by atoms with E-state index in [1.54, 1.807) is 0 Å². The minimum absolute atomic E-state index is 0.855. The maximum Gasteiger partial charge on any atom is 0.0667 e. The van der Waals surface area contributed by atoms with Crippen LogP contribution in [0.15, 0.2) is 18.3 Å². The van der Waals surface area contributed by atoms with Crippen molar-refractivity contribution in [1.29, 1.82) is 0 Å². The SMILES string of the molecule is CNCc1cnn(Cc2c(C)cc(C)cc2C)c1C. The molecule has 3 nitrogen and oxygen atoms in total. The van der Waals surface area contributed by atoms with Crippen molar-refractivity contribution in [3.05, 3.63) is 51.8 Å². The van der Waals surface area contributed by atoms with Gasteiger partial charge < -0.3 is 5.32 Å². The number of hydrogen-bond acceptors (Lipinski definition) is 2. The van der Waals surface area contributed by atoms with E-state index in [-0.39, 0.29) is 0 Å². The van der Waals surface area contributed by atoms with Gasteiger partial charge in [-0.3, -0.25) is 4.68 Å². The molecule has 0 aliphatic rings. The van der Waals surface area contributed by atoms with E-state index in [2.05, 4.69) is 54.9 Å². The Morgan fingerprint density at radius 2 is 1.74 bits per heavy atom. The van der Waals surface area contributed by atoms with E-state index in [1.807, 2.05) is 13.2 Å². The number of hydrogen-bond donors (Lipinski definition) is 1. The molecule has 0 radical (unpaired) electrons. The first-order valence-corrected chi connectivity index (χ1v) is 6.75. The summed E-state index contributed by atoms with van der Waals surface area (Å²) in [7, 11) is 1.96. The number of aromatic nitrogens is 2. The molecule has 2 rings (SSSR count). The third-order valence-corrected chi connectivity index (χ3v) is 3.72. The van der Waals surface area contributed by atoms with Crippen LogP contribution in [0.2, 0.25) is 0 Å². The molecule has 0 aliphatic carbocycles. The first kappa shape index (κ1) is 13.8. The second-order valence-corrected chi connectivity index (χ2v) is 5.32. The Hall–Kier alpha value is -1.61. The fraction of sp³-hybridized carbons (Fsp3) is 0.438. The molecule has 0 saturated heterocycles. The van der Waals surface area contributed by atoms with Crippen molar-refractivity contribution in [3.8, 4) is 0 Å². The van der Waals surface area contributed by atoms with Crippen LogP contribution in [0.25, 0.3) is 0 Å². The van der Waals surface area contributed by atoms with Crippen LogP contribution in [0.1, 0.15) is 33.5 Å². The highest BCUT2D eigenvalue weighted by atomic mass is 15.3. The molecular formula is C16H23N3. The standard InChI is InChI=1S/C16H23N3/c1-11-6-12(2)16(13(3)7-11)10-19-14(4)15(8-17-5)9-18-19/h6-7,9,17H,8,10H2,1-5H3. The molecule has 0 unspecified atom stereocenters. The van der Waals surface area contributed by atoms with Crippen LogP contribution in [-0.4, -0.2) is 16.8 Å². The Morgan fingerprint density at radius 1 is 1.11 bits per heavy atom. The zero-order chi connectivity index (χ0) is 14.0. The summed E-state index contributed by atoms with van der Waals surface area (Å²) in [4.78, 5) is 0. The Kier molecular flexibility index (Phi) is 4.05. The Labute approximate surface area is 115 Å². The van der Waals surface area contributed by atoms with Gasteiger partial charge in [-0.2, -0.15) is 5.10 Å². The molecule has 2 aromatic rings. The van der Waals surface area contributed by atoms with E-state index in [4.69, 9.17) is 0 Å². The summed E-state index contributed by atoms with van der Waals surface area (Å²) in [5.74, 6) is 0. The summed E-state index contributed by atoms with van der Waals surface area (Å²) < 4.78 is 2.09. The van der Waals surface area contributed by atoms with Gasteiger partial charge in [0.15, 0.2) is 0 Å². The quantitative estimate of drug-likeness (QED) is 0.912. The summed E-state index contributed by atoms with van der Waals surface area (Å²) in [6, 6.07) is 4.49. The Balaban J connectivity index is 2.31. The predicted octanol–water partition coefficient (Wildman–Crippen LogP) is 2.88. The third-order valence-electron chi connectivity index (χ3n) is 3.72. The Morgan fingerprint density at radius 3 is 2.32 bits per heavy atom. The third kappa shape index (κ3) is 2.87. The van der Waals surface area contributed by atoms with Crippen LogP contribution in [0, 0.1) is 27.7 Å². The monoisotopic (exact) mass is 257 g/mol. The molecule has 102 valence electrons. The van der Waals surface area contributed by atoms with Crippen molar-refractivity contribution in [2.75, 3.05) is 7.05 Å². The van der Waals surface area contributed by atoms with Gasteiger partial charge in [-0.05, 0) is 51.4 Å². The lowest BCUT2D eigenvalue weighted by Crippen LogP contribution is -2.09. The highest BCUT2D eigenvalue weighted by Gasteiger charge is 2.09. The predicted molar refractivity (Wildman–Crippen MR) is 79.5 cm³/mol. The van der Waals surface area contributed by atoms with Crippen molar-refractivity contribution in [3.63, 3.8) is 0 Å². The van der Waals surface area contributed by atoms with Crippen LogP contribution >= 0.6 is 0 Å². The first-order chi connectivity index (χ1) is 9.02. The second-order valence-electron chi connectivity index (χ2n) is 5.32. The molecular weight excluding hydrogens is 234 g/mol. The summed E-state index contributed by atoms with van der Waals surface area (Å²) in [5.41, 5.74) is 7.92. The summed E-state index contributed by atoms with van der Waals surface area (Å²) >= 11 is 0. The normalized spacial score (nSPS) is 11.0. The van der Waals surface area contributed by atoms with Gasteiger partial charge in [0, 0.05) is 17.8 Å². The fourth-order valence-electron chi connectivity index (χ4n) is 2.62. The van der Waals surface area contributed by atoms with Gasteiger partial charge in [-0.25, -0.2) is 0 Å². The Bertz CT molecular complexity index is 559. The van der Waals surface area contributed by atoms with E-state index in [1.165, 1.54) is 33.5 Å². The minimum Gasteiger partial charge on any atom is -0.316 e. The molecule has 1 aromatic carbocycles. The molecule has 1 aromatic heterocycles. The largest absolute Gasteiger partial charge is 0.316 e. The number of aryl methyl sites for hydroxylation is 3. The molecule has 19 heavy (non-hydrogen) atoms. The second kappa shape index (κ2) is 5.57. The number of nitrogens with one attached hydrogen (secondary N) is 1. The maximum absolute atomic E-state index is 4.51. The van der Waals surface area contributed by atoms with Gasteiger partial charge in [0.05, 0.1) is 12.7 Å². The maximum atomic E-state index is 4.51. The van der Waals surface area contributed by atoms with Crippen LogP contribution in [0.5, 0.6) is 0 Å². The molecule has 0 amide bonds. The van der Waals surface area contributed by atoms with Crippen LogP contribution in [0.3, 0.4) is 0 Å². The lowest BCUT2D eigenvalue weighted by atomic mass is 10.00. The van der Waals surface area contributed by atoms with Crippen molar-refractivity contribution >= 4 is 0 Å². The average molecular weight is 257 g/mol. The van der Waals surface area contributed by atoms with Gasteiger partial charge in [0.25, 0.3) is 0 Å². The van der Waals surface area contributed by atoms with Crippen molar-refractivity contribution in [2.24, 2.45) is 0 Å². The van der Waals surface area contributed by atoms with Crippen LogP contribution in [0.4, 0.5) is 0 Å².